The molecule has 0 aliphatic heterocycles. The number of aldehydes is 1. The Kier molecular flexibility index (Phi) is 1.80. The highest BCUT2D eigenvalue weighted by molar-refractivity contribution is 6.12. The van der Waals surface area contributed by atoms with Crippen molar-refractivity contribution in [3.8, 4) is 0 Å². The zero-order valence-electron chi connectivity index (χ0n) is 8.82. The summed E-state index contributed by atoms with van der Waals surface area (Å²) in [5.41, 5.74) is 3.42. The molecular formula is C13H10N2O. The lowest BCUT2D eigenvalue weighted by molar-refractivity contribution is 0.112. The molecule has 0 saturated heterocycles. The fraction of sp³-hybridized carbons (Fsp3) is 0.0769. The summed E-state index contributed by atoms with van der Waals surface area (Å²) in [5.74, 6) is 0. The summed E-state index contributed by atoms with van der Waals surface area (Å²) in [6.07, 6.45) is 2.53. The lowest BCUT2D eigenvalue weighted by Crippen LogP contribution is -1.89. The Morgan fingerprint density at radius 3 is 2.94 bits per heavy atom. The van der Waals surface area contributed by atoms with E-state index in [1.807, 2.05) is 25.1 Å². The molecule has 0 atom stereocenters. The Hall–Kier alpha value is -2.16. The number of hydrogen-bond donors (Lipinski definition) is 1. The molecule has 1 N–H and O–H groups in total. The molecule has 0 amide bonds. The lowest BCUT2D eigenvalue weighted by Gasteiger charge is -1.98. The third kappa shape index (κ3) is 1.08. The van der Waals surface area contributed by atoms with E-state index in [4.69, 9.17) is 0 Å². The number of para-hydroxylation sites is 1. The first kappa shape index (κ1) is 9.09. The second-order valence-electron chi connectivity index (χ2n) is 3.86. The highest BCUT2D eigenvalue weighted by Gasteiger charge is 2.10. The standard InChI is InChI=1S/C13H10N2O/c1-8-6-14-11(7-16)13-12(8)9-4-2-3-5-10(9)15-13/h2-7,15H,1H3. The van der Waals surface area contributed by atoms with E-state index in [0.29, 0.717) is 5.69 Å². The van der Waals surface area contributed by atoms with E-state index in [-0.39, 0.29) is 0 Å². The molecular weight excluding hydrogens is 200 g/mol. The van der Waals surface area contributed by atoms with Crippen LogP contribution in [0.25, 0.3) is 21.8 Å². The predicted octanol–water partition coefficient (Wildman–Crippen LogP) is 2.84. The summed E-state index contributed by atoms with van der Waals surface area (Å²) in [4.78, 5) is 18.3. The average molecular weight is 210 g/mol. The fourth-order valence-corrected chi connectivity index (χ4v) is 2.13. The molecule has 3 aromatic rings. The van der Waals surface area contributed by atoms with E-state index in [9.17, 15) is 4.79 Å². The van der Waals surface area contributed by atoms with Crippen molar-refractivity contribution in [3.05, 3.63) is 41.7 Å². The Morgan fingerprint density at radius 2 is 2.12 bits per heavy atom. The van der Waals surface area contributed by atoms with Crippen molar-refractivity contribution in [2.75, 3.05) is 0 Å². The summed E-state index contributed by atoms with van der Waals surface area (Å²) in [5, 5.41) is 2.23. The Morgan fingerprint density at radius 1 is 1.31 bits per heavy atom. The van der Waals surface area contributed by atoms with Crippen LogP contribution in [0.15, 0.2) is 30.5 Å². The monoisotopic (exact) mass is 210 g/mol. The van der Waals surface area contributed by atoms with Gasteiger partial charge < -0.3 is 4.98 Å². The van der Waals surface area contributed by atoms with Crippen LogP contribution in [0.3, 0.4) is 0 Å². The van der Waals surface area contributed by atoms with Crippen LogP contribution in [0.5, 0.6) is 0 Å². The van der Waals surface area contributed by atoms with E-state index < -0.39 is 0 Å². The number of pyridine rings is 1. The second kappa shape index (κ2) is 3.17. The van der Waals surface area contributed by atoms with Gasteiger partial charge in [0.15, 0.2) is 6.29 Å². The normalized spacial score (nSPS) is 11.1. The van der Waals surface area contributed by atoms with Crippen LogP contribution in [0.2, 0.25) is 0 Å². The number of aryl methyl sites for hydroxylation is 1. The first-order chi connectivity index (χ1) is 7.81. The Labute approximate surface area is 92.1 Å². The van der Waals surface area contributed by atoms with Crippen molar-refractivity contribution < 1.29 is 4.79 Å². The number of carbonyl (C=O) groups is 1. The summed E-state index contributed by atoms with van der Waals surface area (Å²) in [6, 6.07) is 8.02. The smallest absolute Gasteiger partial charge is 0.170 e. The number of hydrogen-bond acceptors (Lipinski definition) is 2. The zero-order chi connectivity index (χ0) is 11.1. The minimum absolute atomic E-state index is 0.469. The van der Waals surface area contributed by atoms with Gasteiger partial charge in [0, 0.05) is 22.5 Å². The van der Waals surface area contributed by atoms with Crippen LogP contribution >= 0.6 is 0 Å². The molecule has 0 unspecified atom stereocenters. The Bertz CT molecular complexity index is 698. The number of aromatic amines is 1. The molecule has 3 rings (SSSR count). The van der Waals surface area contributed by atoms with Crippen LogP contribution in [-0.4, -0.2) is 16.3 Å². The highest BCUT2D eigenvalue weighted by Crippen LogP contribution is 2.28. The number of fused-ring (bicyclic) bond motifs is 3. The molecule has 1 aromatic carbocycles. The summed E-state index contributed by atoms with van der Waals surface area (Å²) >= 11 is 0. The fourth-order valence-electron chi connectivity index (χ4n) is 2.13. The maximum absolute atomic E-state index is 10.9. The van der Waals surface area contributed by atoms with E-state index >= 15 is 0 Å². The maximum atomic E-state index is 10.9. The third-order valence-corrected chi connectivity index (χ3v) is 2.87. The van der Waals surface area contributed by atoms with E-state index in [2.05, 4.69) is 16.0 Å². The van der Waals surface area contributed by atoms with Crippen LogP contribution in [0, 0.1) is 6.92 Å². The van der Waals surface area contributed by atoms with Crippen molar-refractivity contribution in [2.24, 2.45) is 0 Å². The molecule has 0 radical (unpaired) electrons. The Balaban J connectivity index is 2.62. The van der Waals surface area contributed by atoms with Gasteiger partial charge in [-0.15, -0.1) is 0 Å². The molecule has 0 aliphatic rings. The van der Waals surface area contributed by atoms with E-state index in [1.54, 1.807) is 6.20 Å². The summed E-state index contributed by atoms with van der Waals surface area (Å²) in [7, 11) is 0. The van der Waals surface area contributed by atoms with Crippen molar-refractivity contribution >= 4 is 28.1 Å². The molecule has 0 spiro atoms. The molecule has 16 heavy (non-hydrogen) atoms. The minimum atomic E-state index is 0.469. The van der Waals surface area contributed by atoms with Crippen LogP contribution in [-0.2, 0) is 0 Å². The number of nitrogens with zero attached hydrogens (tertiary/aromatic N) is 1. The van der Waals surface area contributed by atoms with Crippen LogP contribution in [0.4, 0.5) is 0 Å². The SMILES string of the molecule is Cc1cnc(C=O)c2[nH]c3ccccc3c12. The van der Waals surface area contributed by atoms with Gasteiger partial charge in [0.1, 0.15) is 5.69 Å². The van der Waals surface area contributed by atoms with Gasteiger partial charge in [-0.25, -0.2) is 0 Å². The van der Waals surface area contributed by atoms with Gasteiger partial charge in [0.05, 0.1) is 5.52 Å². The molecule has 2 aromatic heterocycles. The number of aromatic nitrogens is 2. The van der Waals surface area contributed by atoms with Crippen molar-refractivity contribution in [3.63, 3.8) is 0 Å². The molecule has 0 aliphatic carbocycles. The molecule has 78 valence electrons. The lowest BCUT2D eigenvalue weighted by atomic mass is 10.1. The second-order valence-corrected chi connectivity index (χ2v) is 3.86. The van der Waals surface area contributed by atoms with Gasteiger partial charge >= 0.3 is 0 Å². The predicted molar refractivity (Wildman–Crippen MR) is 63.7 cm³/mol. The number of benzene rings is 1. The van der Waals surface area contributed by atoms with Crippen molar-refractivity contribution in [2.45, 2.75) is 6.92 Å². The summed E-state index contributed by atoms with van der Waals surface area (Å²) in [6.45, 7) is 2.00. The van der Waals surface area contributed by atoms with Gasteiger partial charge in [0.2, 0.25) is 0 Å². The van der Waals surface area contributed by atoms with Gasteiger partial charge in [-0.05, 0) is 18.6 Å². The molecule has 0 bridgehead atoms. The quantitative estimate of drug-likeness (QED) is 0.628. The topological polar surface area (TPSA) is 45.8 Å². The molecule has 0 saturated carbocycles. The molecule has 2 heterocycles. The zero-order valence-corrected chi connectivity index (χ0v) is 8.82. The molecule has 3 heteroatoms. The highest BCUT2D eigenvalue weighted by atomic mass is 16.1. The van der Waals surface area contributed by atoms with Gasteiger partial charge in [-0.1, -0.05) is 18.2 Å². The molecule has 0 fully saturated rings. The number of nitrogens with one attached hydrogen (secondary N) is 1. The summed E-state index contributed by atoms with van der Waals surface area (Å²) < 4.78 is 0. The number of H-pyrrole nitrogens is 1. The maximum Gasteiger partial charge on any atom is 0.170 e. The number of carbonyl (C=O) groups excluding carboxylic acids is 1. The minimum Gasteiger partial charge on any atom is -0.353 e. The van der Waals surface area contributed by atoms with E-state index in [1.165, 1.54) is 0 Å². The average Bonchev–Trinajstić information content (AvgIpc) is 2.69. The number of rotatable bonds is 1. The largest absolute Gasteiger partial charge is 0.353 e. The van der Waals surface area contributed by atoms with Crippen molar-refractivity contribution in [1.29, 1.82) is 0 Å². The first-order valence-corrected chi connectivity index (χ1v) is 5.12. The van der Waals surface area contributed by atoms with Crippen LogP contribution in [0.1, 0.15) is 16.1 Å². The van der Waals surface area contributed by atoms with Gasteiger partial charge in [0.25, 0.3) is 0 Å². The van der Waals surface area contributed by atoms with Crippen molar-refractivity contribution in [1.82, 2.24) is 9.97 Å². The first-order valence-electron chi connectivity index (χ1n) is 5.12. The third-order valence-electron chi connectivity index (χ3n) is 2.87. The van der Waals surface area contributed by atoms with E-state index in [0.717, 1.165) is 33.7 Å². The molecule has 3 nitrogen and oxygen atoms in total. The van der Waals surface area contributed by atoms with Gasteiger partial charge in [-0.2, -0.15) is 0 Å². The van der Waals surface area contributed by atoms with Crippen LogP contribution < -0.4 is 0 Å². The van der Waals surface area contributed by atoms with Gasteiger partial charge in [-0.3, -0.25) is 9.78 Å².